The third-order valence-corrected chi connectivity index (χ3v) is 9.42. The molecule has 0 unspecified atom stereocenters. The van der Waals surface area contributed by atoms with Crippen molar-refractivity contribution in [1.82, 2.24) is 24.7 Å². The van der Waals surface area contributed by atoms with Crippen LogP contribution in [0.25, 0.3) is 0 Å². The molecule has 8 heteroatoms. The van der Waals surface area contributed by atoms with E-state index in [0.717, 1.165) is 62.1 Å². The SMILES string of the molecule is Cc1ccc(C(=O)N2CCC3(CCCN(Cc4cccnc4)CCN(Cc4ccccc4)C(=O)c4ccccc4OC3)CC2)cn1. The Hall–Kier alpha value is -4.56. The average molecular weight is 618 g/mol. The van der Waals surface area contributed by atoms with Crippen LogP contribution in [0.1, 0.15) is 63.2 Å². The van der Waals surface area contributed by atoms with Crippen LogP contribution in [0.4, 0.5) is 0 Å². The molecule has 238 valence electrons. The van der Waals surface area contributed by atoms with Gasteiger partial charge in [0.25, 0.3) is 11.8 Å². The molecule has 4 aromatic rings. The number of amides is 2. The van der Waals surface area contributed by atoms with Crippen LogP contribution < -0.4 is 4.74 Å². The van der Waals surface area contributed by atoms with Crippen LogP contribution in [0, 0.1) is 12.3 Å². The van der Waals surface area contributed by atoms with Crippen LogP contribution in [-0.2, 0) is 13.1 Å². The van der Waals surface area contributed by atoms with Crippen molar-refractivity contribution in [1.29, 1.82) is 0 Å². The maximum Gasteiger partial charge on any atom is 0.257 e. The Kier molecular flexibility index (Phi) is 10.0. The molecule has 2 aliphatic rings. The van der Waals surface area contributed by atoms with Crippen LogP contribution in [0.3, 0.4) is 0 Å². The Morgan fingerprint density at radius 2 is 1.59 bits per heavy atom. The van der Waals surface area contributed by atoms with Gasteiger partial charge >= 0.3 is 0 Å². The van der Waals surface area contributed by atoms with Gasteiger partial charge in [0.1, 0.15) is 5.75 Å². The van der Waals surface area contributed by atoms with Crippen molar-refractivity contribution >= 4 is 11.8 Å². The largest absolute Gasteiger partial charge is 0.492 e. The monoisotopic (exact) mass is 617 g/mol. The molecule has 8 nitrogen and oxygen atoms in total. The fourth-order valence-corrected chi connectivity index (χ4v) is 6.61. The number of aromatic nitrogens is 2. The minimum Gasteiger partial charge on any atom is -0.492 e. The summed E-state index contributed by atoms with van der Waals surface area (Å²) < 4.78 is 6.60. The van der Waals surface area contributed by atoms with E-state index in [-0.39, 0.29) is 17.2 Å². The third-order valence-electron chi connectivity index (χ3n) is 9.42. The van der Waals surface area contributed by atoms with Crippen LogP contribution in [0.2, 0.25) is 0 Å². The van der Waals surface area contributed by atoms with E-state index in [1.165, 1.54) is 0 Å². The van der Waals surface area contributed by atoms with Gasteiger partial charge in [0.15, 0.2) is 0 Å². The van der Waals surface area contributed by atoms with Crippen molar-refractivity contribution in [2.24, 2.45) is 5.41 Å². The molecule has 2 aromatic carbocycles. The molecule has 0 N–H and O–H groups in total. The average Bonchev–Trinajstić information content (AvgIpc) is 3.10. The second-order valence-corrected chi connectivity index (χ2v) is 12.7. The molecule has 0 radical (unpaired) electrons. The van der Waals surface area contributed by atoms with E-state index in [4.69, 9.17) is 4.74 Å². The van der Waals surface area contributed by atoms with Gasteiger partial charge in [-0.2, -0.15) is 0 Å². The van der Waals surface area contributed by atoms with E-state index in [9.17, 15) is 9.59 Å². The lowest BCUT2D eigenvalue weighted by atomic mass is 9.75. The highest BCUT2D eigenvalue weighted by atomic mass is 16.5. The molecule has 6 rings (SSSR count). The van der Waals surface area contributed by atoms with Crippen LogP contribution in [0.5, 0.6) is 5.75 Å². The summed E-state index contributed by atoms with van der Waals surface area (Å²) >= 11 is 0. The number of benzene rings is 2. The minimum absolute atomic E-state index is 0.0267. The van der Waals surface area contributed by atoms with E-state index >= 15 is 0 Å². The summed E-state index contributed by atoms with van der Waals surface area (Å²) in [6, 6.07) is 25.7. The van der Waals surface area contributed by atoms with E-state index in [2.05, 4.69) is 33.1 Å². The Balaban J connectivity index is 1.25. The molecule has 0 bridgehead atoms. The Morgan fingerprint density at radius 1 is 0.804 bits per heavy atom. The number of likely N-dealkylation sites (tertiary alicyclic amines) is 1. The first-order valence-corrected chi connectivity index (χ1v) is 16.4. The molecular formula is C38H43N5O3. The Bertz CT molecular complexity index is 1590. The third kappa shape index (κ3) is 7.80. The fourth-order valence-electron chi connectivity index (χ4n) is 6.61. The Labute approximate surface area is 272 Å². The molecule has 0 saturated carbocycles. The lowest BCUT2D eigenvalue weighted by Gasteiger charge is -2.42. The smallest absolute Gasteiger partial charge is 0.257 e. The molecule has 1 saturated heterocycles. The number of carbonyl (C=O) groups is 2. The summed E-state index contributed by atoms with van der Waals surface area (Å²) in [5.74, 6) is 0.631. The highest BCUT2D eigenvalue weighted by molar-refractivity contribution is 5.97. The zero-order valence-electron chi connectivity index (χ0n) is 26.7. The van der Waals surface area contributed by atoms with Crippen molar-refractivity contribution in [3.05, 3.63) is 125 Å². The number of fused-ring (bicyclic) bond motifs is 1. The van der Waals surface area contributed by atoms with E-state index in [1.807, 2.05) is 83.6 Å². The number of carbonyl (C=O) groups excluding carboxylic acids is 2. The van der Waals surface area contributed by atoms with E-state index in [0.29, 0.717) is 49.7 Å². The molecule has 0 atom stereocenters. The molecule has 4 heterocycles. The maximum atomic E-state index is 14.2. The zero-order chi connectivity index (χ0) is 31.8. The number of nitrogens with zero attached hydrogens (tertiary/aromatic N) is 5. The summed E-state index contributed by atoms with van der Waals surface area (Å²) in [6.45, 7) is 7.31. The molecule has 0 aliphatic carbocycles. The number of pyridine rings is 2. The summed E-state index contributed by atoms with van der Waals surface area (Å²) in [5.41, 5.74) is 4.27. The molecular weight excluding hydrogens is 574 g/mol. The van der Waals surface area contributed by atoms with Crippen LogP contribution in [0.15, 0.2) is 97.5 Å². The maximum absolute atomic E-state index is 14.2. The zero-order valence-corrected chi connectivity index (χ0v) is 26.7. The van der Waals surface area contributed by atoms with Crippen molar-refractivity contribution in [2.45, 2.75) is 45.7 Å². The van der Waals surface area contributed by atoms with Gasteiger partial charge in [-0.15, -0.1) is 0 Å². The number of aryl methyl sites for hydroxylation is 1. The number of hydrogen-bond acceptors (Lipinski definition) is 6. The second kappa shape index (κ2) is 14.7. The first kappa shape index (κ1) is 31.4. The van der Waals surface area contributed by atoms with Gasteiger partial charge in [0.05, 0.1) is 17.7 Å². The molecule has 1 spiro atoms. The summed E-state index contributed by atoms with van der Waals surface area (Å²) in [4.78, 5) is 42.5. The molecule has 46 heavy (non-hydrogen) atoms. The number of hydrogen-bond donors (Lipinski definition) is 0. The molecule has 2 aromatic heterocycles. The van der Waals surface area contributed by atoms with E-state index in [1.54, 1.807) is 12.4 Å². The van der Waals surface area contributed by atoms with Crippen LogP contribution >= 0.6 is 0 Å². The van der Waals surface area contributed by atoms with Gasteiger partial charge < -0.3 is 14.5 Å². The summed E-state index contributed by atoms with van der Waals surface area (Å²) in [7, 11) is 0. The van der Waals surface area contributed by atoms with E-state index < -0.39 is 0 Å². The molecule has 1 fully saturated rings. The van der Waals surface area contributed by atoms with Crippen molar-refractivity contribution in [3.8, 4) is 5.75 Å². The van der Waals surface area contributed by atoms with Gasteiger partial charge in [-0.05, 0) is 80.6 Å². The number of ether oxygens (including phenoxy) is 1. The number of rotatable bonds is 5. The number of para-hydroxylation sites is 1. The summed E-state index contributed by atoms with van der Waals surface area (Å²) in [6.07, 6.45) is 9.07. The predicted molar refractivity (Wildman–Crippen MR) is 178 cm³/mol. The second-order valence-electron chi connectivity index (χ2n) is 12.7. The van der Waals surface area contributed by atoms with Gasteiger partial charge in [-0.1, -0.05) is 48.5 Å². The standard InChI is InChI=1S/C38H43N5O3/c1-30-14-15-33(26-40-30)36(44)42-21-17-38(18-22-42)16-8-20-41(27-32-11-7-19-39-25-32)23-24-43(28-31-9-3-2-4-10-31)37(45)34-12-5-6-13-35(34)46-29-38/h2-7,9-15,19,25-26H,8,16-18,20-24,27-29H2,1H3. The summed E-state index contributed by atoms with van der Waals surface area (Å²) in [5, 5.41) is 0. The minimum atomic E-state index is -0.101. The van der Waals surface area contributed by atoms with Crippen molar-refractivity contribution in [2.75, 3.05) is 39.3 Å². The fraction of sp³-hybridized carbons (Fsp3) is 0.368. The molecule has 2 aliphatic heterocycles. The highest BCUT2D eigenvalue weighted by Gasteiger charge is 2.37. The van der Waals surface area contributed by atoms with Gasteiger partial charge in [-0.3, -0.25) is 24.5 Å². The quantitative estimate of drug-likeness (QED) is 0.272. The highest BCUT2D eigenvalue weighted by Crippen LogP contribution is 2.38. The number of piperidine rings is 1. The van der Waals surface area contributed by atoms with Crippen molar-refractivity contribution in [3.63, 3.8) is 0 Å². The lowest BCUT2D eigenvalue weighted by Crippen LogP contribution is -2.46. The van der Waals surface area contributed by atoms with Gasteiger partial charge in [0.2, 0.25) is 0 Å². The van der Waals surface area contributed by atoms with Crippen LogP contribution in [-0.4, -0.2) is 75.8 Å². The topological polar surface area (TPSA) is 78.9 Å². The normalized spacial score (nSPS) is 17.7. The first-order valence-electron chi connectivity index (χ1n) is 16.4. The predicted octanol–water partition coefficient (Wildman–Crippen LogP) is 6.02. The van der Waals surface area contributed by atoms with Gasteiger partial charge in [-0.25, -0.2) is 0 Å². The van der Waals surface area contributed by atoms with Crippen molar-refractivity contribution < 1.29 is 14.3 Å². The lowest BCUT2D eigenvalue weighted by molar-refractivity contribution is 0.0349. The Morgan fingerprint density at radius 3 is 2.35 bits per heavy atom. The molecule has 2 amide bonds. The van der Waals surface area contributed by atoms with Gasteiger partial charge in [0, 0.05) is 69.0 Å². The first-order chi connectivity index (χ1) is 22.5.